The van der Waals surface area contributed by atoms with E-state index in [-0.39, 0.29) is 25.6 Å². The van der Waals surface area contributed by atoms with Crippen LogP contribution < -0.4 is 11.2 Å². The number of azide groups is 1. The van der Waals surface area contributed by atoms with Crippen molar-refractivity contribution in [3.8, 4) is 11.3 Å². The first-order valence-corrected chi connectivity index (χ1v) is 6.66. The molecule has 0 amide bonds. The molecule has 1 aromatic heterocycles. The molecule has 0 spiro atoms. The molecule has 1 heterocycles. The van der Waals surface area contributed by atoms with Crippen LogP contribution in [0.25, 0.3) is 21.7 Å². The van der Waals surface area contributed by atoms with Gasteiger partial charge in [-0.2, -0.15) is 9.78 Å². The molecule has 0 saturated heterocycles. The van der Waals surface area contributed by atoms with Crippen LogP contribution in [0.3, 0.4) is 0 Å². The zero-order valence-corrected chi connectivity index (χ0v) is 12.0. The zero-order valence-electron chi connectivity index (χ0n) is 12.0. The summed E-state index contributed by atoms with van der Waals surface area (Å²) in [6.45, 7) is -0.777. The van der Waals surface area contributed by atoms with Crippen molar-refractivity contribution in [1.29, 1.82) is 0 Å². The summed E-state index contributed by atoms with van der Waals surface area (Å²) < 4.78 is 6.17. The van der Waals surface area contributed by atoms with Crippen molar-refractivity contribution in [2.45, 2.75) is 12.8 Å². The summed E-state index contributed by atoms with van der Waals surface area (Å²) in [5, 5.41) is 16.4. The van der Waals surface area contributed by atoms with E-state index in [1.165, 1.54) is 0 Å². The Morgan fingerprint density at radius 2 is 2.13 bits per heavy atom. The van der Waals surface area contributed by atoms with E-state index in [9.17, 15) is 9.59 Å². The molecule has 1 aromatic carbocycles. The highest BCUT2D eigenvalue weighted by molar-refractivity contribution is 5.56. The van der Waals surface area contributed by atoms with Crippen molar-refractivity contribution in [3.63, 3.8) is 0 Å². The summed E-state index contributed by atoms with van der Waals surface area (Å²) in [7, 11) is 0. The SMILES string of the molecule is [N-]=[N+]=NC[C@@H](CO)OCn1nc(-c2ccccc2)c(=O)[nH]c1=O. The monoisotopic (exact) mass is 318 g/mol. The molecule has 0 radical (unpaired) electrons. The van der Waals surface area contributed by atoms with Gasteiger partial charge in [0.15, 0.2) is 5.69 Å². The van der Waals surface area contributed by atoms with Crippen molar-refractivity contribution in [3.05, 3.63) is 61.6 Å². The minimum atomic E-state index is -0.772. The van der Waals surface area contributed by atoms with E-state index in [1.807, 2.05) is 0 Å². The molecule has 0 saturated carbocycles. The van der Waals surface area contributed by atoms with Crippen molar-refractivity contribution in [1.82, 2.24) is 14.8 Å². The fraction of sp³-hybridized carbons (Fsp3) is 0.308. The Bertz CT molecular complexity index is 809. The van der Waals surface area contributed by atoms with Crippen LogP contribution in [0.15, 0.2) is 45.0 Å². The van der Waals surface area contributed by atoms with Gasteiger partial charge in [-0.1, -0.05) is 35.4 Å². The summed E-state index contributed by atoms with van der Waals surface area (Å²) >= 11 is 0. The minimum Gasteiger partial charge on any atom is -0.394 e. The predicted molar refractivity (Wildman–Crippen MR) is 80.5 cm³/mol. The lowest BCUT2D eigenvalue weighted by atomic mass is 10.2. The van der Waals surface area contributed by atoms with Gasteiger partial charge < -0.3 is 9.84 Å². The first-order valence-electron chi connectivity index (χ1n) is 6.66. The summed E-state index contributed by atoms with van der Waals surface area (Å²) in [4.78, 5) is 28.3. The Morgan fingerprint density at radius 1 is 1.39 bits per heavy atom. The molecule has 10 nitrogen and oxygen atoms in total. The van der Waals surface area contributed by atoms with Crippen molar-refractivity contribution in [2.24, 2.45) is 5.11 Å². The Morgan fingerprint density at radius 3 is 2.78 bits per heavy atom. The average Bonchev–Trinajstić information content (AvgIpc) is 2.57. The van der Waals surface area contributed by atoms with Gasteiger partial charge in [-0.15, -0.1) is 0 Å². The number of aliphatic hydroxyl groups excluding tert-OH is 1. The van der Waals surface area contributed by atoms with Gasteiger partial charge in [-0.25, -0.2) is 4.79 Å². The van der Waals surface area contributed by atoms with E-state index >= 15 is 0 Å². The summed E-state index contributed by atoms with van der Waals surface area (Å²) in [6.07, 6.45) is -0.772. The number of rotatable bonds is 7. The Kier molecular flexibility index (Phi) is 5.64. The molecular formula is C13H14N6O4. The molecule has 0 unspecified atom stereocenters. The molecule has 120 valence electrons. The topological polar surface area (TPSA) is 146 Å². The standard InChI is InChI=1S/C13H14N6O4/c14-18-15-6-10(7-20)23-8-19-13(22)16-12(21)11(17-19)9-4-2-1-3-5-9/h1-5,10,20H,6-8H2,(H,16,21,22)/t10-/m0/s1. The Labute approximate surface area is 129 Å². The van der Waals surface area contributed by atoms with Crippen LogP contribution in [0.5, 0.6) is 0 Å². The van der Waals surface area contributed by atoms with E-state index in [0.717, 1.165) is 4.68 Å². The molecule has 1 atom stereocenters. The molecule has 2 N–H and O–H groups in total. The van der Waals surface area contributed by atoms with E-state index in [4.69, 9.17) is 15.4 Å². The number of nitrogens with one attached hydrogen (secondary N) is 1. The molecule has 0 bridgehead atoms. The largest absolute Gasteiger partial charge is 0.394 e. The van der Waals surface area contributed by atoms with Gasteiger partial charge in [0, 0.05) is 10.5 Å². The van der Waals surface area contributed by atoms with Crippen molar-refractivity contribution in [2.75, 3.05) is 13.2 Å². The Hall–Kier alpha value is -2.94. The number of hydrogen-bond donors (Lipinski definition) is 2. The molecule has 2 aromatic rings. The van der Waals surface area contributed by atoms with E-state index in [2.05, 4.69) is 20.1 Å². The number of hydrogen-bond acceptors (Lipinski definition) is 6. The molecule has 0 fully saturated rings. The number of benzene rings is 1. The number of ether oxygens (including phenoxy) is 1. The highest BCUT2D eigenvalue weighted by Crippen LogP contribution is 2.10. The van der Waals surface area contributed by atoms with Crippen molar-refractivity contribution < 1.29 is 9.84 Å². The minimum absolute atomic E-state index is 0.0735. The Balaban J connectivity index is 2.24. The fourth-order valence-electron chi connectivity index (χ4n) is 1.77. The first-order chi connectivity index (χ1) is 11.2. The lowest BCUT2D eigenvalue weighted by Crippen LogP contribution is -2.35. The highest BCUT2D eigenvalue weighted by Gasteiger charge is 2.11. The predicted octanol–water partition coefficient (Wildman–Crippen LogP) is 0.244. The smallest absolute Gasteiger partial charge is 0.347 e. The van der Waals surface area contributed by atoms with E-state index in [1.54, 1.807) is 30.3 Å². The first kappa shape index (κ1) is 16.4. The van der Waals surface area contributed by atoms with Crippen LogP contribution in [-0.4, -0.2) is 39.1 Å². The van der Waals surface area contributed by atoms with Crippen LogP contribution in [0.1, 0.15) is 0 Å². The number of aromatic nitrogens is 3. The number of H-pyrrole nitrogens is 1. The summed E-state index contributed by atoms with van der Waals surface area (Å²) in [6, 6.07) is 8.64. The quantitative estimate of drug-likeness (QED) is 0.426. The third-order valence-corrected chi connectivity index (χ3v) is 2.92. The molecule has 23 heavy (non-hydrogen) atoms. The lowest BCUT2D eigenvalue weighted by molar-refractivity contribution is -0.0251. The maximum Gasteiger partial charge on any atom is 0.347 e. The number of aromatic amines is 1. The van der Waals surface area contributed by atoms with E-state index < -0.39 is 17.4 Å². The highest BCUT2D eigenvalue weighted by atomic mass is 16.5. The maximum atomic E-state index is 11.9. The molecule has 0 aliphatic carbocycles. The maximum absolute atomic E-state index is 11.9. The van der Waals surface area contributed by atoms with Gasteiger partial charge in [0.2, 0.25) is 0 Å². The third kappa shape index (κ3) is 4.27. The van der Waals surface area contributed by atoms with Crippen LogP contribution in [0.4, 0.5) is 0 Å². The second kappa shape index (κ2) is 7.90. The van der Waals surface area contributed by atoms with Crippen LogP contribution >= 0.6 is 0 Å². The van der Waals surface area contributed by atoms with Crippen LogP contribution in [0.2, 0.25) is 0 Å². The van der Waals surface area contributed by atoms with Gasteiger partial charge in [0.05, 0.1) is 19.3 Å². The van der Waals surface area contributed by atoms with E-state index in [0.29, 0.717) is 5.56 Å². The molecular weight excluding hydrogens is 304 g/mol. The normalized spacial score (nSPS) is 11.7. The zero-order chi connectivity index (χ0) is 16.7. The average molecular weight is 318 g/mol. The number of nitrogens with zero attached hydrogens (tertiary/aromatic N) is 5. The molecule has 2 rings (SSSR count). The van der Waals surface area contributed by atoms with Crippen molar-refractivity contribution >= 4 is 0 Å². The van der Waals surface area contributed by atoms with Gasteiger partial charge in [0.1, 0.15) is 6.73 Å². The fourth-order valence-corrected chi connectivity index (χ4v) is 1.77. The second-order valence-electron chi connectivity index (χ2n) is 4.49. The lowest BCUT2D eigenvalue weighted by Gasteiger charge is -2.13. The second-order valence-corrected chi connectivity index (χ2v) is 4.49. The molecule has 0 aliphatic rings. The molecule has 10 heteroatoms. The summed E-state index contributed by atoms with van der Waals surface area (Å²) in [5.41, 5.74) is 7.52. The van der Waals surface area contributed by atoms with Gasteiger partial charge in [-0.05, 0) is 5.53 Å². The third-order valence-electron chi connectivity index (χ3n) is 2.92. The van der Waals surface area contributed by atoms with Gasteiger partial charge in [0.25, 0.3) is 5.56 Å². The number of aliphatic hydroxyl groups is 1. The van der Waals surface area contributed by atoms with Crippen LogP contribution in [0, 0.1) is 0 Å². The van der Waals surface area contributed by atoms with Crippen LogP contribution in [-0.2, 0) is 11.5 Å². The molecule has 0 aliphatic heterocycles. The summed E-state index contributed by atoms with van der Waals surface area (Å²) in [5.74, 6) is 0. The van der Waals surface area contributed by atoms with Gasteiger partial charge >= 0.3 is 5.69 Å². The van der Waals surface area contributed by atoms with Gasteiger partial charge in [-0.3, -0.25) is 9.78 Å².